The van der Waals surface area contributed by atoms with Crippen molar-refractivity contribution < 1.29 is 9.53 Å². The number of nitrogens with two attached hydrogens (primary N) is 1. The Balaban J connectivity index is 0.00000220. The molecule has 0 aromatic heterocycles. The zero-order valence-corrected chi connectivity index (χ0v) is 13.4. The summed E-state index contributed by atoms with van der Waals surface area (Å²) in [7, 11) is 1.62. The summed E-state index contributed by atoms with van der Waals surface area (Å²) in [5, 5.41) is 2.90. The lowest BCUT2D eigenvalue weighted by atomic mass is 9.90. The number of amides is 1. The van der Waals surface area contributed by atoms with Gasteiger partial charge in [0.1, 0.15) is 5.75 Å². The van der Waals surface area contributed by atoms with Crippen LogP contribution in [0.4, 0.5) is 5.69 Å². The lowest BCUT2D eigenvalue weighted by molar-refractivity contribution is -0.117. The Morgan fingerprint density at radius 2 is 2.10 bits per heavy atom. The minimum absolute atomic E-state index is 0. The molecule has 1 aliphatic heterocycles. The van der Waals surface area contributed by atoms with Crippen molar-refractivity contribution in [2.24, 2.45) is 11.1 Å². The van der Waals surface area contributed by atoms with E-state index in [1.807, 2.05) is 24.3 Å². The SMILES string of the molecule is COc1ccc(NC(=O)CN2CCC(C)(CN)C2)cc1.Cl. The van der Waals surface area contributed by atoms with Gasteiger partial charge in [-0.05, 0) is 49.2 Å². The largest absolute Gasteiger partial charge is 0.497 e. The number of likely N-dealkylation sites (tertiary alicyclic amines) is 1. The third-order valence-corrected chi connectivity index (χ3v) is 3.87. The third-order valence-electron chi connectivity index (χ3n) is 3.87. The van der Waals surface area contributed by atoms with E-state index >= 15 is 0 Å². The van der Waals surface area contributed by atoms with Gasteiger partial charge < -0.3 is 15.8 Å². The fourth-order valence-corrected chi connectivity index (χ4v) is 2.51. The molecule has 5 nitrogen and oxygen atoms in total. The Hall–Kier alpha value is -1.30. The van der Waals surface area contributed by atoms with Crippen LogP contribution in [0.15, 0.2) is 24.3 Å². The standard InChI is InChI=1S/C15H23N3O2.ClH/c1-15(10-16)7-8-18(11-15)9-14(19)17-12-3-5-13(20-2)6-4-12;/h3-6H,7-11,16H2,1-2H3,(H,17,19);1H. The summed E-state index contributed by atoms with van der Waals surface area (Å²) < 4.78 is 5.08. The molecule has 21 heavy (non-hydrogen) atoms. The summed E-state index contributed by atoms with van der Waals surface area (Å²) in [5.74, 6) is 0.790. The summed E-state index contributed by atoms with van der Waals surface area (Å²) in [5.41, 5.74) is 6.71. The number of hydrogen-bond donors (Lipinski definition) is 2. The van der Waals surface area contributed by atoms with Crippen molar-refractivity contribution in [2.45, 2.75) is 13.3 Å². The van der Waals surface area contributed by atoms with Gasteiger partial charge in [0.05, 0.1) is 13.7 Å². The molecular weight excluding hydrogens is 290 g/mol. The molecule has 1 aromatic rings. The fraction of sp³-hybridized carbons (Fsp3) is 0.533. The smallest absolute Gasteiger partial charge is 0.238 e. The highest BCUT2D eigenvalue weighted by Crippen LogP contribution is 2.28. The van der Waals surface area contributed by atoms with Crippen LogP contribution >= 0.6 is 12.4 Å². The number of hydrogen-bond acceptors (Lipinski definition) is 4. The van der Waals surface area contributed by atoms with Crippen LogP contribution in [0.1, 0.15) is 13.3 Å². The highest BCUT2D eigenvalue weighted by atomic mass is 35.5. The number of benzene rings is 1. The number of carbonyl (C=O) groups excluding carboxylic acids is 1. The summed E-state index contributed by atoms with van der Waals surface area (Å²) >= 11 is 0. The van der Waals surface area contributed by atoms with Crippen LogP contribution in [-0.4, -0.2) is 44.1 Å². The first kappa shape index (κ1) is 17.8. The van der Waals surface area contributed by atoms with Crippen molar-refractivity contribution in [2.75, 3.05) is 38.6 Å². The average Bonchev–Trinajstić information content (AvgIpc) is 2.81. The zero-order chi connectivity index (χ0) is 14.6. The van der Waals surface area contributed by atoms with Gasteiger partial charge >= 0.3 is 0 Å². The van der Waals surface area contributed by atoms with E-state index in [1.54, 1.807) is 7.11 Å². The maximum absolute atomic E-state index is 12.0. The minimum atomic E-state index is 0. The van der Waals surface area contributed by atoms with Gasteiger partial charge in [0, 0.05) is 12.2 Å². The third kappa shape index (κ3) is 4.88. The number of halogens is 1. The van der Waals surface area contributed by atoms with E-state index in [-0.39, 0.29) is 23.7 Å². The molecule has 1 atom stereocenters. The summed E-state index contributed by atoms with van der Waals surface area (Å²) in [6.45, 7) is 5.09. The van der Waals surface area contributed by atoms with E-state index < -0.39 is 0 Å². The van der Waals surface area contributed by atoms with Crippen LogP contribution < -0.4 is 15.8 Å². The maximum Gasteiger partial charge on any atom is 0.238 e. The molecule has 1 fully saturated rings. The molecule has 0 spiro atoms. The van der Waals surface area contributed by atoms with Gasteiger partial charge in [-0.25, -0.2) is 0 Å². The van der Waals surface area contributed by atoms with Gasteiger partial charge in [-0.2, -0.15) is 0 Å². The topological polar surface area (TPSA) is 67.6 Å². The first-order chi connectivity index (χ1) is 9.54. The molecule has 2 rings (SSSR count). The molecule has 0 saturated carbocycles. The first-order valence-electron chi connectivity index (χ1n) is 6.91. The molecule has 1 heterocycles. The van der Waals surface area contributed by atoms with Crippen molar-refractivity contribution in [1.82, 2.24) is 4.90 Å². The molecule has 1 aromatic carbocycles. The highest BCUT2D eigenvalue weighted by Gasteiger charge is 2.32. The van der Waals surface area contributed by atoms with Crippen molar-refractivity contribution in [1.29, 1.82) is 0 Å². The molecule has 1 aliphatic rings. The van der Waals surface area contributed by atoms with Gasteiger partial charge in [-0.1, -0.05) is 6.92 Å². The van der Waals surface area contributed by atoms with Gasteiger partial charge in [0.15, 0.2) is 0 Å². The maximum atomic E-state index is 12.0. The molecule has 3 N–H and O–H groups in total. The number of nitrogens with zero attached hydrogens (tertiary/aromatic N) is 1. The average molecular weight is 314 g/mol. The number of carbonyl (C=O) groups is 1. The molecule has 1 saturated heterocycles. The van der Waals surface area contributed by atoms with E-state index in [4.69, 9.17) is 10.5 Å². The Morgan fingerprint density at radius 3 is 2.62 bits per heavy atom. The number of ether oxygens (including phenoxy) is 1. The summed E-state index contributed by atoms with van der Waals surface area (Å²) in [6.07, 6.45) is 1.05. The summed E-state index contributed by atoms with van der Waals surface area (Å²) in [6, 6.07) is 7.34. The molecule has 0 bridgehead atoms. The van der Waals surface area contributed by atoms with Crippen molar-refractivity contribution in [3.05, 3.63) is 24.3 Å². The number of anilines is 1. The Bertz CT molecular complexity index is 466. The van der Waals surface area contributed by atoms with Crippen LogP contribution in [0.3, 0.4) is 0 Å². The van der Waals surface area contributed by atoms with Gasteiger partial charge in [-0.3, -0.25) is 9.69 Å². The zero-order valence-electron chi connectivity index (χ0n) is 12.6. The monoisotopic (exact) mass is 313 g/mol. The Labute approximate surface area is 132 Å². The van der Waals surface area contributed by atoms with Crippen LogP contribution in [0.2, 0.25) is 0 Å². The molecule has 6 heteroatoms. The van der Waals surface area contributed by atoms with E-state index in [0.29, 0.717) is 13.1 Å². The fourth-order valence-electron chi connectivity index (χ4n) is 2.51. The number of methoxy groups -OCH3 is 1. The van der Waals surface area contributed by atoms with Crippen molar-refractivity contribution >= 4 is 24.0 Å². The van der Waals surface area contributed by atoms with Crippen molar-refractivity contribution in [3.63, 3.8) is 0 Å². The van der Waals surface area contributed by atoms with Crippen molar-refractivity contribution in [3.8, 4) is 5.75 Å². The molecule has 1 unspecified atom stereocenters. The molecule has 1 amide bonds. The van der Waals surface area contributed by atoms with Gasteiger partial charge in [0.2, 0.25) is 5.91 Å². The van der Waals surface area contributed by atoms with E-state index in [1.165, 1.54) is 0 Å². The quantitative estimate of drug-likeness (QED) is 0.868. The molecular formula is C15H24ClN3O2. The second kappa shape index (κ2) is 7.64. The second-order valence-electron chi connectivity index (χ2n) is 5.75. The van der Waals surface area contributed by atoms with E-state index in [0.717, 1.165) is 30.9 Å². The first-order valence-corrected chi connectivity index (χ1v) is 6.91. The van der Waals surface area contributed by atoms with Crippen LogP contribution in [0.25, 0.3) is 0 Å². The lowest BCUT2D eigenvalue weighted by Gasteiger charge is -2.22. The second-order valence-corrected chi connectivity index (χ2v) is 5.75. The van der Waals surface area contributed by atoms with E-state index in [9.17, 15) is 4.79 Å². The van der Waals surface area contributed by atoms with Crippen LogP contribution in [0, 0.1) is 5.41 Å². The Morgan fingerprint density at radius 1 is 1.43 bits per heavy atom. The van der Waals surface area contributed by atoms with Crippen LogP contribution in [-0.2, 0) is 4.79 Å². The normalized spacial score (nSPS) is 21.7. The van der Waals surface area contributed by atoms with Gasteiger partial charge in [-0.15, -0.1) is 12.4 Å². The predicted octanol–water partition coefficient (Wildman–Crippen LogP) is 1.73. The molecule has 0 radical (unpaired) electrons. The van der Waals surface area contributed by atoms with Gasteiger partial charge in [0.25, 0.3) is 0 Å². The van der Waals surface area contributed by atoms with Crippen LogP contribution in [0.5, 0.6) is 5.75 Å². The lowest BCUT2D eigenvalue weighted by Crippen LogP contribution is -2.35. The molecule has 0 aliphatic carbocycles. The Kier molecular flexibility index (Phi) is 6.45. The molecule has 118 valence electrons. The van der Waals surface area contributed by atoms with E-state index in [2.05, 4.69) is 17.1 Å². The highest BCUT2D eigenvalue weighted by molar-refractivity contribution is 5.92. The minimum Gasteiger partial charge on any atom is -0.497 e. The number of nitrogens with one attached hydrogen (secondary N) is 1. The summed E-state index contributed by atoms with van der Waals surface area (Å²) in [4.78, 5) is 14.2. The number of rotatable bonds is 5. The predicted molar refractivity (Wildman–Crippen MR) is 87.1 cm³/mol.